The van der Waals surface area contributed by atoms with Crippen LogP contribution in [0.2, 0.25) is 0 Å². The highest BCUT2D eigenvalue weighted by Crippen LogP contribution is 2.34. The van der Waals surface area contributed by atoms with Crippen molar-refractivity contribution in [1.29, 1.82) is 5.26 Å². The maximum Gasteiger partial charge on any atom is 0.133 e. The lowest BCUT2D eigenvalue weighted by Gasteiger charge is -2.18. The standard InChI is InChI=1S/C12H12N2OS/c1-8-6-14-7-16-12(8)9-2-3-10(5-13)11(15)4-9/h2-4,14-15H,6-7H2,1H3. The van der Waals surface area contributed by atoms with E-state index in [4.69, 9.17) is 5.26 Å². The predicted octanol–water partition coefficient (Wildman–Crippen LogP) is 2.29. The third kappa shape index (κ3) is 2.06. The second kappa shape index (κ2) is 4.60. The third-order valence-corrected chi connectivity index (χ3v) is 3.70. The number of nitrogens with one attached hydrogen (secondary N) is 1. The van der Waals surface area contributed by atoms with Crippen LogP contribution in [0.5, 0.6) is 5.75 Å². The summed E-state index contributed by atoms with van der Waals surface area (Å²) in [5, 5.41) is 21.6. The topological polar surface area (TPSA) is 56.0 Å². The van der Waals surface area contributed by atoms with Crippen molar-refractivity contribution in [3.8, 4) is 11.8 Å². The molecule has 4 heteroatoms. The minimum absolute atomic E-state index is 0.0550. The summed E-state index contributed by atoms with van der Waals surface area (Å²) in [6.45, 7) is 2.95. The molecule has 3 nitrogen and oxygen atoms in total. The van der Waals surface area contributed by atoms with Gasteiger partial charge in [0.05, 0.1) is 5.56 Å². The lowest BCUT2D eigenvalue weighted by Crippen LogP contribution is -2.20. The van der Waals surface area contributed by atoms with Gasteiger partial charge in [0, 0.05) is 17.3 Å². The SMILES string of the molecule is CC1=C(c2ccc(C#N)c(O)c2)SCNC1. The highest BCUT2D eigenvalue weighted by atomic mass is 32.2. The monoisotopic (exact) mass is 232 g/mol. The number of phenols is 1. The van der Waals surface area contributed by atoms with Gasteiger partial charge in [0.15, 0.2) is 0 Å². The van der Waals surface area contributed by atoms with Gasteiger partial charge in [-0.15, -0.1) is 11.8 Å². The van der Waals surface area contributed by atoms with Gasteiger partial charge in [-0.25, -0.2) is 0 Å². The summed E-state index contributed by atoms with van der Waals surface area (Å²) < 4.78 is 0. The van der Waals surface area contributed by atoms with Gasteiger partial charge in [-0.1, -0.05) is 6.07 Å². The summed E-state index contributed by atoms with van der Waals surface area (Å²) >= 11 is 1.72. The first-order valence-corrected chi connectivity index (χ1v) is 5.97. The number of aromatic hydroxyl groups is 1. The molecule has 0 radical (unpaired) electrons. The zero-order valence-electron chi connectivity index (χ0n) is 8.95. The Bertz CT molecular complexity index is 488. The first-order valence-electron chi connectivity index (χ1n) is 4.99. The van der Waals surface area contributed by atoms with Crippen LogP contribution in [0, 0.1) is 11.3 Å². The molecule has 0 unspecified atom stereocenters. The fraction of sp³-hybridized carbons (Fsp3) is 0.250. The van der Waals surface area contributed by atoms with Gasteiger partial charge in [-0.2, -0.15) is 5.26 Å². The van der Waals surface area contributed by atoms with E-state index in [1.165, 1.54) is 10.5 Å². The van der Waals surface area contributed by atoms with Crippen molar-refractivity contribution in [2.75, 3.05) is 12.4 Å². The summed E-state index contributed by atoms with van der Waals surface area (Å²) in [6, 6.07) is 7.16. The van der Waals surface area contributed by atoms with Crippen LogP contribution < -0.4 is 5.32 Å². The Morgan fingerprint density at radius 2 is 2.31 bits per heavy atom. The molecule has 0 bridgehead atoms. The van der Waals surface area contributed by atoms with Crippen LogP contribution in [-0.4, -0.2) is 17.5 Å². The van der Waals surface area contributed by atoms with Crippen LogP contribution in [0.1, 0.15) is 18.1 Å². The van der Waals surface area contributed by atoms with E-state index in [1.807, 2.05) is 12.1 Å². The molecular weight excluding hydrogens is 220 g/mol. The Labute approximate surface area is 98.8 Å². The molecule has 2 N–H and O–H groups in total. The van der Waals surface area contributed by atoms with Crippen LogP contribution in [0.25, 0.3) is 4.91 Å². The zero-order chi connectivity index (χ0) is 11.5. The number of rotatable bonds is 1. The van der Waals surface area contributed by atoms with Gasteiger partial charge in [-0.05, 0) is 30.2 Å². The molecule has 2 rings (SSSR count). The highest BCUT2D eigenvalue weighted by Gasteiger charge is 2.12. The van der Waals surface area contributed by atoms with Crippen molar-refractivity contribution >= 4 is 16.7 Å². The minimum Gasteiger partial charge on any atom is -0.507 e. The summed E-state index contributed by atoms with van der Waals surface area (Å²) in [5.41, 5.74) is 2.57. The van der Waals surface area contributed by atoms with Crippen molar-refractivity contribution in [3.63, 3.8) is 0 Å². The molecule has 0 spiro atoms. The van der Waals surface area contributed by atoms with Crippen molar-refractivity contribution < 1.29 is 5.11 Å². The number of benzene rings is 1. The number of nitrogens with zero attached hydrogens (tertiary/aromatic N) is 1. The lowest BCUT2D eigenvalue weighted by molar-refractivity contribution is 0.473. The average Bonchev–Trinajstić information content (AvgIpc) is 2.29. The molecular formula is C12H12N2OS. The summed E-state index contributed by atoms with van der Waals surface area (Å²) in [6.07, 6.45) is 0. The van der Waals surface area contributed by atoms with Crippen molar-refractivity contribution in [2.24, 2.45) is 0 Å². The molecule has 0 saturated heterocycles. The molecule has 16 heavy (non-hydrogen) atoms. The van der Waals surface area contributed by atoms with Gasteiger partial charge in [0.2, 0.25) is 0 Å². The molecule has 0 amide bonds. The maximum absolute atomic E-state index is 9.64. The molecule has 0 saturated carbocycles. The van der Waals surface area contributed by atoms with Crippen LogP contribution in [0.3, 0.4) is 0 Å². The van der Waals surface area contributed by atoms with E-state index in [-0.39, 0.29) is 5.75 Å². The number of hydrogen-bond acceptors (Lipinski definition) is 4. The molecule has 1 aliphatic rings. The van der Waals surface area contributed by atoms with Crippen LogP contribution in [-0.2, 0) is 0 Å². The highest BCUT2D eigenvalue weighted by molar-refractivity contribution is 8.08. The van der Waals surface area contributed by atoms with Gasteiger partial charge < -0.3 is 10.4 Å². The number of thioether (sulfide) groups is 1. The number of phenolic OH excluding ortho intramolecular Hbond substituents is 1. The zero-order valence-corrected chi connectivity index (χ0v) is 9.77. The van der Waals surface area contributed by atoms with Crippen molar-refractivity contribution in [1.82, 2.24) is 5.32 Å². The molecule has 1 heterocycles. The molecule has 0 aromatic heterocycles. The second-order valence-corrected chi connectivity index (χ2v) is 4.65. The van der Waals surface area contributed by atoms with Gasteiger partial charge >= 0.3 is 0 Å². The van der Waals surface area contributed by atoms with Gasteiger partial charge in [0.25, 0.3) is 0 Å². The smallest absolute Gasteiger partial charge is 0.133 e. The van der Waals surface area contributed by atoms with E-state index in [1.54, 1.807) is 23.9 Å². The van der Waals surface area contributed by atoms with E-state index in [9.17, 15) is 5.11 Å². The summed E-state index contributed by atoms with van der Waals surface area (Å²) in [4.78, 5) is 1.19. The first kappa shape index (κ1) is 11.1. The minimum atomic E-state index is 0.0550. The number of nitriles is 1. The lowest BCUT2D eigenvalue weighted by atomic mass is 10.1. The summed E-state index contributed by atoms with van der Waals surface area (Å²) in [5.74, 6) is 0.937. The first-order chi connectivity index (χ1) is 7.72. The van der Waals surface area contributed by atoms with Crippen molar-refractivity contribution in [3.05, 3.63) is 34.9 Å². The molecule has 0 aliphatic carbocycles. The Balaban J connectivity index is 2.42. The van der Waals surface area contributed by atoms with Crippen LogP contribution in [0.15, 0.2) is 23.8 Å². The molecule has 0 atom stereocenters. The molecule has 82 valence electrons. The normalized spacial score (nSPS) is 16.0. The maximum atomic E-state index is 9.64. The average molecular weight is 232 g/mol. The van der Waals surface area contributed by atoms with Crippen LogP contribution in [0.4, 0.5) is 0 Å². The quantitative estimate of drug-likeness (QED) is 0.780. The van der Waals surface area contributed by atoms with E-state index < -0.39 is 0 Å². The summed E-state index contributed by atoms with van der Waals surface area (Å²) in [7, 11) is 0. The van der Waals surface area contributed by atoms with E-state index in [0.717, 1.165) is 18.0 Å². The Hall–Kier alpha value is -1.44. The second-order valence-electron chi connectivity index (χ2n) is 3.67. The van der Waals surface area contributed by atoms with Crippen LogP contribution >= 0.6 is 11.8 Å². The number of hydrogen-bond donors (Lipinski definition) is 2. The largest absolute Gasteiger partial charge is 0.507 e. The predicted molar refractivity (Wildman–Crippen MR) is 65.9 cm³/mol. The molecule has 1 aromatic carbocycles. The Kier molecular flexibility index (Phi) is 3.18. The molecule has 1 aromatic rings. The van der Waals surface area contributed by atoms with E-state index >= 15 is 0 Å². The van der Waals surface area contributed by atoms with Gasteiger partial charge in [-0.3, -0.25) is 0 Å². The fourth-order valence-electron chi connectivity index (χ4n) is 1.66. The Morgan fingerprint density at radius 1 is 1.50 bits per heavy atom. The Morgan fingerprint density at radius 3 is 2.94 bits per heavy atom. The fourth-order valence-corrected chi connectivity index (χ4v) is 2.62. The van der Waals surface area contributed by atoms with Crippen molar-refractivity contribution in [2.45, 2.75) is 6.92 Å². The van der Waals surface area contributed by atoms with Gasteiger partial charge in [0.1, 0.15) is 11.8 Å². The van der Waals surface area contributed by atoms with E-state index in [0.29, 0.717) is 5.56 Å². The third-order valence-electron chi connectivity index (χ3n) is 2.48. The molecule has 0 fully saturated rings. The molecule has 1 aliphatic heterocycles. The van der Waals surface area contributed by atoms with E-state index in [2.05, 4.69) is 12.2 Å².